The molecule has 0 radical (unpaired) electrons. The number of benzene rings is 1. The van der Waals surface area contributed by atoms with Crippen LogP contribution >= 0.6 is 0 Å². The van der Waals surface area contributed by atoms with Crippen molar-refractivity contribution in [1.29, 1.82) is 0 Å². The van der Waals surface area contributed by atoms with Gasteiger partial charge in [0.2, 0.25) is 0 Å². The van der Waals surface area contributed by atoms with Crippen LogP contribution in [0.1, 0.15) is 12.7 Å². The van der Waals surface area contributed by atoms with Crippen molar-refractivity contribution in [2.45, 2.75) is 13.3 Å². The third kappa shape index (κ3) is 2.31. The van der Waals surface area contributed by atoms with E-state index in [4.69, 9.17) is 10.2 Å². The molecule has 2 rings (SSSR count). The number of carbonyl (C=O) groups is 1. The molecule has 0 saturated heterocycles. The van der Waals surface area contributed by atoms with Crippen LogP contribution in [-0.4, -0.2) is 5.78 Å². The highest BCUT2D eigenvalue weighted by atomic mass is 16.3. The molecule has 2 N–H and O–H groups in total. The van der Waals surface area contributed by atoms with E-state index in [1.165, 1.54) is 6.08 Å². The lowest BCUT2D eigenvalue weighted by atomic mass is 10.2. The van der Waals surface area contributed by atoms with Gasteiger partial charge >= 0.3 is 0 Å². The smallest absolute Gasteiger partial charge is 0.164 e. The lowest BCUT2D eigenvalue weighted by molar-refractivity contribution is -0.114. The van der Waals surface area contributed by atoms with E-state index >= 15 is 0 Å². The molecule has 0 aliphatic rings. The number of fused-ring (bicyclic) bond motifs is 1. The van der Waals surface area contributed by atoms with Gasteiger partial charge in [0.15, 0.2) is 5.78 Å². The van der Waals surface area contributed by atoms with Crippen molar-refractivity contribution in [1.82, 2.24) is 0 Å². The number of hydrogen-bond donors (Lipinski definition) is 1. The number of para-hydroxylation sites is 1. The summed E-state index contributed by atoms with van der Waals surface area (Å²) >= 11 is 0. The second kappa shape index (κ2) is 4.23. The van der Waals surface area contributed by atoms with Crippen LogP contribution in [0.2, 0.25) is 0 Å². The Bertz CT molecular complexity index is 515. The molecule has 3 heteroatoms. The predicted molar refractivity (Wildman–Crippen MR) is 62.9 cm³/mol. The molecule has 1 aromatic carbocycles. The average molecular weight is 215 g/mol. The monoisotopic (exact) mass is 215 g/mol. The van der Waals surface area contributed by atoms with Gasteiger partial charge in [-0.3, -0.25) is 4.79 Å². The van der Waals surface area contributed by atoms with Crippen LogP contribution in [0.4, 0.5) is 0 Å². The van der Waals surface area contributed by atoms with Gasteiger partial charge in [-0.1, -0.05) is 18.2 Å². The summed E-state index contributed by atoms with van der Waals surface area (Å²) in [6.07, 6.45) is 1.68. The predicted octanol–water partition coefficient (Wildman–Crippen LogP) is 2.41. The molecule has 1 heterocycles. The molecule has 16 heavy (non-hydrogen) atoms. The minimum atomic E-state index is -0.0425. The van der Waals surface area contributed by atoms with E-state index in [2.05, 4.69) is 0 Å². The summed E-state index contributed by atoms with van der Waals surface area (Å²) in [7, 11) is 0. The fourth-order valence-corrected chi connectivity index (χ4v) is 1.60. The first-order valence-electron chi connectivity index (χ1n) is 5.09. The topological polar surface area (TPSA) is 56.2 Å². The molecule has 0 atom stereocenters. The van der Waals surface area contributed by atoms with Gasteiger partial charge in [-0.05, 0) is 19.1 Å². The Morgan fingerprint density at radius 3 is 2.88 bits per heavy atom. The molecule has 82 valence electrons. The molecule has 1 aromatic heterocycles. The van der Waals surface area contributed by atoms with Crippen molar-refractivity contribution >= 4 is 16.8 Å². The number of rotatable bonds is 3. The number of allylic oxidation sites excluding steroid dienone is 2. The molecule has 0 unspecified atom stereocenters. The molecule has 0 saturated carbocycles. The second-order valence-electron chi connectivity index (χ2n) is 3.78. The maximum atomic E-state index is 11.5. The maximum Gasteiger partial charge on any atom is 0.164 e. The highest BCUT2D eigenvalue weighted by Crippen LogP contribution is 2.19. The van der Waals surface area contributed by atoms with Crippen LogP contribution < -0.4 is 5.73 Å². The van der Waals surface area contributed by atoms with E-state index in [1.54, 1.807) is 6.92 Å². The first-order chi connectivity index (χ1) is 7.65. The third-order valence-corrected chi connectivity index (χ3v) is 2.21. The molecular weight excluding hydrogens is 202 g/mol. The number of ketones is 1. The summed E-state index contributed by atoms with van der Waals surface area (Å²) in [4.78, 5) is 11.5. The first kappa shape index (κ1) is 10.5. The second-order valence-corrected chi connectivity index (χ2v) is 3.78. The Hall–Kier alpha value is -2.03. The lowest BCUT2D eigenvalue weighted by Crippen LogP contribution is -2.01. The summed E-state index contributed by atoms with van der Waals surface area (Å²) in [5, 5.41) is 1.01. The van der Waals surface area contributed by atoms with E-state index in [-0.39, 0.29) is 12.2 Å². The number of hydrogen-bond acceptors (Lipinski definition) is 3. The van der Waals surface area contributed by atoms with Crippen LogP contribution in [0, 0.1) is 0 Å². The van der Waals surface area contributed by atoms with Gasteiger partial charge in [0.1, 0.15) is 11.3 Å². The van der Waals surface area contributed by atoms with Crippen LogP contribution in [0.5, 0.6) is 0 Å². The summed E-state index contributed by atoms with van der Waals surface area (Å²) in [6.45, 7) is 1.69. The molecule has 2 aromatic rings. The minimum Gasteiger partial charge on any atom is -0.461 e. The summed E-state index contributed by atoms with van der Waals surface area (Å²) in [5.74, 6) is 0.628. The number of furan rings is 1. The standard InChI is InChI=1S/C13H13NO2/c1-9(14)6-11(15)8-12-7-10-4-2-3-5-13(10)16-12/h2-7H,8,14H2,1H3/b9-6-. The van der Waals surface area contributed by atoms with Crippen molar-refractivity contribution in [2.24, 2.45) is 5.73 Å². The summed E-state index contributed by atoms with van der Waals surface area (Å²) in [6, 6.07) is 9.56. The van der Waals surface area contributed by atoms with Crippen LogP contribution in [0.3, 0.4) is 0 Å². The number of nitrogens with two attached hydrogens (primary N) is 1. The van der Waals surface area contributed by atoms with Gasteiger partial charge in [0.05, 0.1) is 6.42 Å². The van der Waals surface area contributed by atoms with Gasteiger partial charge in [-0.2, -0.15) is 0 Å². The van der Waals surface area contributed by atoms with Gasteiger partial charge < -0.3 is 10.2 Å². The van der Waals surface area contributed by atoms with E-state index in [0.29, 0.717) is 11.5 Å². The van der Waals surface area contributed by atoms with Crippen molar-refractivity contribution < 1.29 is 9.21 Å². The zero-order valence-electron chi connectivity index (χ0n) is 9.07. The van der Waals surface area contributed by atoms with Gasteiger partial charge in [0.25, 0.3) is 0 Å². The van der Waals surface area contributed by atoms with Crippen LogP contribution in [0.15, 0.2) is 46.5 Å². The summed E-state index contributed by atoms with van der Waals surface area (Å²) < 4.78 is 5.53. The molecule has 3 nitrogen and oxygen atoms in total. The highest BCUT2D eigenvalue weighted by molar-refractivity contribution is 5.92. The van der Waals surface area contributed by atoms with Crippen LogP contribution in [-0.2, 0) is 11.2 Å². The van der Waals surface area contributed by atoms with Crippen molar-refractivity contribution in [3.63, 3.8) is 0 Å². The molecule has 0 aliphatic heterocycles. The van der Waals surface area contributed by atoms with E-state index in [9.17, 15) is 4.79 Å². The third-order valence-electron chi connectivity index (χ3n) is 2.21. The molecule has 0 bridgehead atoms. The van der Waals surface area contributed by atoms with E-state index < -0.39 is 0 Å². The van der Waals surface area contributed by atoms with Crippen molar-refractivity contribution in [3.05, 3.63) is 47.9 Å². The van der Waals surface area contributed by atoms with Gasteiger partial charge in [0, 0.05) is 17.2 Å². The average Bonchev–Trinajstić information content (AvgIpc) is 2.57. The molecule has 0 aliphatic carbocycles. The Morgan fingerprint density at radius 2 is 2.19 bits per heavy atom. The van der Waals surface area contributed by atoms with Crippen molar-refractivity contribution in [3.8, 4) is 0 Å². The SMILES string of the molecule is C/C(N)=C/C(=O)Cc1cc2ccccc2o1. The Balaban J connectivity index is 2.22. The van der Waals surface area contributed by atoms with Crippen molar-refractivity contribution in [2.75, 3.05) is 0 Å². The minimum absolute atomic E-state index is 0.0425. The molecule has 0 amide bonds. The largest absolute Gasteiger partial charge is 0.461 e. The van der Waals surface area contributed by atoms with E-state index in [0.717, 1.165) is 11.0 Å². The Kier molecular flexibility index (Phi) is 2.77. The zero-order valence-corrected chi connectivity index (χ0v) is 9.07. The zero-order chi connectivity index (χ0) is 11.5. The molecule has 0 fully saturated rings. The quantitative estimate of drug-likeness (QED) is 0.800. The van der Waals surface area contributed by atoms with E-state index in [1.807, 2.05) is 30.3 Å². The van der Waals surface area contributed by atoms with Gasteiger partial charge in [-0.15, -0.1) is 0 Å². The lowest BCUT2D eigenvalue weighted by Gasteiger charge is -1.92. The van der Waals surface area contributed by atoms with Crippen LogP contribution in [0.25, 0.3) is 11.0 Å². The first-order valence-corrected chi connectivity index (χ1v) is 5.09. The highest BCUT2D eigenvalue weighted by Gasteiger charge is 2.06. The fourth-order valence-electron chi connectivity index (χ4n) is 1.60. The normalized spacial score (nSPS) is 11.9. The summed E-state index contributed by atoms with van der Waals surface area (Å²) in [5.41, 5.74) is 6.75. The Morgan fingerprint density at radius 1 is 1.44 bits per heavy atom. The molecular formula is C13H13NO2. The molecule has 0 spiro atoms. The van der Waals surface area contributed by atoms with Gasteiger partial charge in [-0.25, -0.2) is 0 Å². The fraction of sp³-hybridized carbons (Fsp3) is 0.154. The maximum absolute atomic E-state index is 11.5. The number of carbonyl (C=O) groups excluding carboxylic acids is 1. The Labute approximate surface area is 93.5 Å².